The minimum Gasteiger partial charge on any atom is -0.467 e. The van der Waals surface area contributed by atoms with Crippen LogP contribution >= 0.6 is 0 Å². The molecule has 1 aromatic rings. The highest BCUT2D eigenvalue weighted by molar-refractivity contribution is 6.03. The van der Waals surface area contributed by atoms with E-state index in [1.165, 1.54) is 28.7 Å². The summed E-state index contributed by atoms with van der Waals surface area (Å²) in [6, 6.07) is -2.28. The van der Waals surface area contributed by atoms with E-state index in [2.05, 4.69) is 10.3 Å². The molecule has 14 heteroatoms. The maximum atomic E-state index is 13.5. The minimum atomic E-state index is -0.964. The molecule has 3 unspecified atom stereocenters. The smallest absolute Gasteiger partial charge is 0.328 e. The Kier molecular flexibility index (Phi) is 7.26. The Labute approximate surface area is 189 Å². The van der Waals surface area contributed by atoms with Crippen LogP contribution in [0.1, 0.15) is 52.7 Å². The van der Waals surface area contributed by atoms with Crippen LogP contribution in [-0.2, 0) is 23.9 Å². The molecule has 0 aromatic carbocycles. The number of amides is 4. The van der Waals surface area contributed by atoms with E-state index in [1.54, 1.807) is 0 Å². The predicted molar refractivity (Wildman–Crippen MR) is 109 cm³/mol. The third-order valence-corrected chi connectivity index (χ3v) is 5.96. The quantitative estimate of drug-likeness (QED) is 0.421. The summed E-state index contributed by atoms with van der Waals surface area (Å²) in [4.78, 5) is 64.8. The molecular weight excluding hydrogens is 438 g/mol. The number of hydrogen-bond donors (Lipinski definition) is 2. The van der Waals surface area contributed by atoms with Crippen LogP contribution in [0, 0.1) is 0 Å². The van der Waals surface area contributed by atoms with Gasteiger partial charge in [0.1, 0.15) is 18.7 Å². The number of nitrogens with zero attached hydrogens (tertiary/aromatic N) is 5. The molecule has 2 aliphatic rings. The normalized spacial score (nSPS) is 22.8. The van der Waals surface area contributed by atoms with Crippen LogP contribution < -0.4 is 11.5 Å². The van der Waals surface area contributed by atoms with Crippen molar-refractivity contribution >= 4 is 29.6 Å². The summed E-state index contributed by atoms with van der Waals surface area (Å²) < 4.78 is 11.0. The standard InChI is InChI=1S/C19H27N7O7/c1-32-9-13(27)24-7-5-10(26-15(17(21)29)14(16(20)28)22-23-26)8-12(24)18(30)25-6-3-4-11(25)19(31)33-2/h10-12H,3-9H2,1-2H3,(H2,20,28)(H2,21,29). The summed E-state index contributed by atoms with van der Waals surface area (Å²) in [6.07, 6.45) is 1.43. The lowest BCUT2D eigenvalue weighted by Gasteiger charge is -2.40. The average Bonchev–Trinajstić information content (AvgIpc) is 3.45. The lowest BCUT2D eigenvalue weighted by atomic mass is 9.95. The number of ether oxygens (including phenoxy) is 2. The van der Waals surface area contributed by atoms with Gasteiger partial charge in [-0.3, -0.25) is 19.2 Å². The molecule has 3 atom stereocenters. The number of hydrogen-bond acceptors (Lipinski definition) is 9. The Balaban J connectivity index is 1.94. The van der Waals surface area contributed by atoms with Crippen molar-refractivity contribution in [2.24, 2.45) is 11.5 Å². The molecule has 3 heterocycles. The van der Waals surface area contributed by atoms with Gasteiger partial charge in [0.15, 0.2) is 11.4 Å². The number of primary amides is 2. The van der Waals surface area contributed by atoms with Gasteiger partial charge in [0.2, 0.25) is 11.8 Å². The molecule has 0 bridgehead atoms. The third kappa shape index (κ3) is 4.65. The van der Waals surface area contributed by atoms with Crippen molar-refractivity contribution in [2.45, 2.75) is 43.8 Å². The van der Waals surface area contributed by atoms with E-state index in [9.17, 15) is 24.0 Å². The largest absolute Gasteiger partial charge is 0.467 e. The molecule has 0 radical (unpaired) electrons. The highest BCUT2D eigenvalue weighted by atomic mass is 16.5. The molecule has 2 fully saturated rings. The van der Waals surface area contributed by atoms with Gasteiger partial charge < -0.3 is 30.7 Å². The fourth-order valence-electron chi connectivity index (χ4n) is 4.46. The molecule has 3 rings (SSSR count). The highest BCUT2D eigenvalue weighted by Crippen LogP contribution is 2.31. The van der Waals surface area contributed by atoms with E-state index < -0.39 is 47.7 Å². The zero-order chi connectivity index (χ0) is 24.3. The van der Waals surface area contributed by atoms with Crippen molar-refractivity contribution in [3.05, 3.63) is 11.4 Å². The molecule has 14 nitrogen and oxygen atoms in total. The number of aromatic nitrogens is 3. The van der Waals surface area contributed by atoms with Crippen LogP contribution in [0.15, 0.2) is 0 Å². The van der Waals surface area contributed by atoms with Gasteiger partial charge in [0, 0.05) is 20.2 Å². The Bertz CT molecular complexity index is 962. The van der Waals surface area contributed by atoms with Crippen LogP contribution in [0.5, 0.6) is 0 Å². The molecule has 4 N–H and O–H groups in total. The number of esters is 1. The summed E-state index contributed by atoms with van der Waals surface area (Å²) in [6.45, 7) is 0.258. The number of carbonyl (C=O) groups is 5. The summed E-state index contributed by atoms with van der Waals surface area (Å²) in [5, 5.41) is 7.54. The Morgan fingerprint density at radius 1 is 1.00 bits per heavy atom. The van der Waals surface area contributed by atoms with Crippen molar-refractivity contribution < 1.29 is 33.4 Å². The van der Waals surface area contributed by atoms with Gasteiger partial charge in [-0.1, -0.05) is 5.21 Å². The summed E-state index contributed by atoms with van der Waals surface area (Å²) in [5.74, 6) is -3.25. The number of carbonyl (C=O) groups excluding carboxylic acids is 5. The lowest BCUT2D eigenvalue weighted by Crippen LogP contribution is -2.57. The average molecular weight is 465 g/mol. The fourth-order valence-corrected chi connectivity index (χ4v) is 4.46. The minimum absolute atomic E-state index is 0.0561. The van der Waals surface area contributed by atoms with Crippen molar-refractivity contribution in [1.82, 2.24) is 24.8 Å². The molecule has 0 aliphatic carbocycles. The molecule has 0 saturated carbocycles. The SMILES string of the molecule is COCC(=O)N1CCC(n2nnc(C(N)=O)c2C(N)=O)CC1C(=O)N1CCCC1C(=O)OC. The Morgan fingerprint density at radius 2 is 1.73 bits per heavy atom. The van der Waals surface area contributed by atoms with Gasteiger partial charge in [0.25, 0.3) is 11.8 Å². The first-order valence-corrected chi connectivity index (χ1v) is 10.4. The predicted octanol–water partition coefficient (Wildman–Crippen LogP) is -2.18. The molecule has 0 spiro atoms. The summed E-state index contributed by atoms with van der Waals surface area (Å²) in [7, 11) is 2.62. The van der Waals surface area contributed by atoms with Crippen LogP contribution in [0.4, 0.5) is 0 Å². The van der Waals surface area contributed by atoms with Gasteiger partial charge in [-0.25, -0.2) is 9.48 Å². The van der Waals surface area contributed by atoms with E-state index in [1.807, 2.05) is 0 Å². The molecule has 180 valence electrons. The second-order valence-electron chi connectivity index (χ2n) is 7.89. The first-order chi connectivity index (χ1) is 15.7. The monoisotopic (exact) mass is 465 g/mol. The lowest BCUT2D eigenvalue weighted by molar-refractivity contribution is -0.156. The van der Waals surface area contributed by atoms with Gasteiger partial charge >= 0.3 is 5.97 Å². The Morgan fingerprint density at radius 3 is 2.33 bits per heavy atom. The molecule has 2 saturated heterocycles. The van der Waals surface area contributed by atoms with Gasteiger partial charge in [-0.2, -0.15) is 0 Å². The van der Waals surface area contributed by atoms with E-state index in [-0.39, 0.29) is 31.0 Å². The van der Waals surface area contributed by atoms with Crippen molar-refractivity contribution in [1.29, 1.82) is 0 Å². The zero-order valence-electron chi connectivity index (χ0n) is 18.4. The van der Waals surface area contributed by atoms with E-state index in [4.69, 9.17) is 20.9 Å². The van der Waals surface area contributed by atoms with Gasteiger partial charge in [-0.05, 0) is 25.7 Å². The number of piperidine rings is 1. The van der Waals surface area contributed by atoms with Crippen LogP contribution in [0.2, 0.25) is 0 Å². The molecule has 1 aromatic heterocycles. The van der Waals surface area contributed by atoms with Crippen molar-refractivity contribution in [3.8, 4) is 0 Å². The molecule has 33 heavy (non-hydrogen) atoms. The first-order valence-electron chi connectivity index (χ1n) is 10.4. The number of methoxy groups -OCH3 is 2. The molecule has 2 aliphatic heterocycles. The maximum absolute atomic E-state index is 13.5. The van der Waals surface area contributed by atoms with Crippen LogP contribution in [-0.4, -0.2) is 100 Å². The molecule has 4 amide bonds. The topological polar surface area (TPSA) is 193 Å². The van der Waals surface area contributed by atoms with E-state index in [0.717, 1.165) is 0 Å². The number of rotatable bonds is 7. The highest BCUT2D eigenvalue weighted by Gasteiger charge is 2.44. The first kappa shape index (κ1) is 24.1. The second-order valence-corrected chi connectivity index (χ2v) is 7.89. The summed E-state index contributed by atoms with van der Waals surface area (Å²) >= 11 is 0. The fraction of sp³-hybridized carbons (Fsp3) is 0.632. The van der Waals surface area contributed by atoms with E-state index in [0.29, 0.717) is 25.8 Å². The maximum Gasteiger partial charge on any atom is 0.328 e. The van der Waals surface area contributed by atoms with Crippen LogP contribution in [0.25, 0.3) is 0 Å². The second kappa shape index (κ2) is 9.94. The van der Waals surface area contributed by atoms with Crippen molar-refractivity contribution in [3.63, 3.8) is 0 Å². The molecular formula is C19H27N7O7. The number of likely N-dealkylation sites (tertiary alicyclic amines) is 2. The van der Waals surface area contributed by atoms with Gasteiger partial charge in [-0.15, -0.1) is 5.10 Å². The third-order valence-electron chi connectivity index (χ3n) is 5.96. The van der Waals surface area contributed by atoms with Crippen LogP contribution in [0.3, 0.4) is 0 Å². The summed E-state index contributed by atoms with van der Waals surface area (Å²) in [5.41, 5.74) is 10.1. The zero-order valence-corrected chi connectivity index (χ0v) is 18.4. The van der Waals surface area contributed by atoms with E-state index >= 15 is 0 Å². The number of nitrogens with two attached hydrogens (primary N) is 2. The van der Waals surface area contributed by atoms with Gasteiger partial charge in [0.05, 0.1) is 13.2 Å². The Hall–Kier alpha value is -3.55. The van der Waals surface area contributed by atoms with Crippen molar-refractivity contribution in [2.75, 3.05) is 33.9 Å².